The van der Waals surface area contributed by atoms with Gasteiger partial charge in [-0.15, -0.1) is 5.10 Å². The molecule has 1 fully saturated rings. The van der Waals surface area contributed by atoms with Crippen molar-refractivity contribution < 1.29 is 9.90 Å². The quantitative estimate of drug-likeness (QED) is 0.864. The highest BCUT2D eigenvalue weighted by Gasteiger charge is 2.30. The lowest BCUT2D eigenvalue weighted by Gasteiger charge is -2.21. The summed E-state index contributed by atoms with van der Waals surface area (Å²) in [6.07, 6.45) is 8.16. The predicted octanol–water partition coefficient (Wildman–Crippen LogP) is 1.81. The van der Waals surface area contributed by atoms with Crippen LogP contribution in [0.25, 0.3) is 0 Å². The maximum atomic E-state index is 12.5. The summed E-state index contributed by atoms with van der Waals surface area (Å²) in [7, 11) is 0. The Kier molecular flexibility index (Phi) is 4.85. The highest BCUT2D eigenvalue weighted by atomic mass is 16.3. The number of nitrogens with one attached hydrogen (secondary N) is 1. The van der Waals surface area contributed by atoms with Crippen LogP contribution in [0.15, 0.2) is 24.7 Å². The number of amides is 1. The fourth-order valence-corrected chi connectivity index (χ4v) is 3.30. The zero-order valence-electron chi connectivity index (χ0n) is 14.9. The summed E-state index contributed by atoms with van der Waals surface area (Å²) in [5, 5.41) is 21.3. The Labute approximate surface area is 147 Å². The Balaban J connectivity index is 1.66. The number of carbonyl (C=O) groups excluding carboxylic acids is 1. The number of rotatable bonds is 5. The molecule has 2 aromatic rings. The average Bonchev–Trinajstić information content (AvgIpc) is 3.18. The minimum absolute atomic E-state index is 0.0710. The number of nitrogens with zero attached hydrogens (tertiary/aromatic N) is 4. The first kappa shape index (κ1) is 17.5. The smallest absolute Gasteiger partial charge is 0.253 e. The Bertz CT molecular complexity index is 750. The van der Waals surface area contributed by atoms with E-state index in [4.69, 9.17) is 0 Å². The fourth-order valence-electron chi connectivity index (χ4n) is 3.30. The summed E-state index contributed by atoms with van der Waals surface area (Å²) in [5.74, 6) is 0.232. The highest BCUT2D eigenvalue weighted by molar-refractivity contribution is 5.95. The maximum absolute atomic E-state index is 12.5. The van der Waals surface area contributed by atoms with Gasteiger partial charge >= 0.3 is 0 Å². The number of aliphatic hydroxyl groups is 1. The maximum Gasteiger partial charge on any atom is 0.253 e. The molecule has 1 aliphatic carbocycles. The first-order chi connectivity index (χ1) is 11.8. The van der Waals surface area contributed by atoms with Crippen molar-refractivity contribution in [1.29, 1.82) is 0 Å². The van der Waals surface area contributed by atoms with Crippen molar-refractivity contribution in [3.63, 3.8) is 0 Å². The van der Waals surface area contributed by atoms with E-state index in [-0.39, 0.29) is 11.9 Å². The van der Waals surface area contributed by atoms with Crippen LogP contribution in [0.2, 0.25) is 0 Å². The molecule has 2 atom stereocenters. The molecule has 2 heterocycles. The van der Waals surface area contributed by atoms with Crippen LogP contribution >= 0.6 is 0 Å². The molecular formula is C18H25N5O2. The van der Waals surface area contributed by atoms with E-state index >= 15 is 0 Å². The van der Waals surface area contributed by atoms with Crippen LogP contribution in [0.5, 0.6) is 0 Å². The third-order valence-corrected chi connectivity index (χ3v) is 4.85. The lowest BCUT2D eigenvalue weighted by atomic mass is 10.0. The molecule has 25 heavy (non-hydrogen) atoms. The topological polar surface area (TPSA) is 92.9 Å². The van der Waals surface area contributed by atoms with E-state index in [1.165, 1.54) is 0 Å². The van der Waals surface area contributed by atoms with Gasteiger partial charge in [-0.25, -0.2) is 0 Å². The zero-order valence-corrected chi connectivity index (χ0v) is 14.9. The zero-order chi connectivity index (χ0) is 18.0. The van der Waals surface area contributed by atoms with E-state index in [0.29, 0.717) is 23.7 Å². The molecule has 7 heteroatoms. The molecule has 2 N–H and O–H groups in total. The molecule has 7 nitrogen and oxygen atoms in total. The number of aryl methyl sites for hydroxylation is 1. The van der Waals surface area contributed by atoms with Gasteiger partial charge in [0.15, 0.2) is 0 Å². The Morgan fingerprint density at radius 1 is 1.44 bits per heavy atom. The van der Waals surface area contributed by atoms with Crippen LogP contribution in [-0.2, 0) is 12.1 Å². The van der Waals surface area contributed by atoms with E-state index in [9.17, 15) is 9.90 Å². The summed E-state index contributed by atoms with van der Waals surface area (Å²) >= 11 is 0. The number of aromatic nitrogens is 4. The molecule has 3 rings (SSSR count). The van der Waals surface area contributed by atoms with Crippen LogP contribution in [-0.4, -0.2) is 37.0 Å². The first-order valence-corrected chi connectivity index (χ1v) is 8.69. The van der Waals surface area contributed by atoms with E-state index < -0.39 is 5.60 Å². The van der Waals surface area contributed by atoms with Gasteiger partial charge in [-0.2, -0.15) is 0 Å². The molecule has 1 aliphatic rings. The van der Waals surface area contributed by atoms with Crippen LogP contribution in [0.4, 0.5) is 0 Å². The van der Waals surface area contributed by atoms with Crippen molar-refractivity contribution in [2.45, 2.75) is 58.2 Å². The molecule has 0 radical (unpaired) electrons. The summed E-state index contributed by atoms with van der Waals surface area (Å²) in [4.78, 5) is 16.6. The van der Waals surface area contributed by atoms with Crippen molar-refractivity contribution in [3.05, 3.63) is 41.5 Å². The van der Waals surface area contributed by atoms with Crippen LogP contribution in [0.3, 0.4) is 0 Å². The van der Waals surface area contributed by atoms with Gasteiger partial charge in [-0.3, -0.25) is 14.5 Å². The van der Waals surface area contributed by atoms with Crippen molar-refractivity contribution in [3.8, 4) is 0 Å². The molecule has 1 amide bonds. The van der Waals surface area contributed by atoms with Gasteiger partial charge in [-0.05, 0) is 51.2 Å². The Hall–Kier alpha value is -2.28. The molecule has 0 unspecified atom stereocenters. The monoisotopic (exact) mass is 343 g/mol. The third kappa shape index (κ3) is 4.04. The molecule has 134 valence electrons. The Morgan fingerprint density at radius 2 is 2.24 bits per heavy atom. The van der Waals surface area contributed by atoms with Crippen LogP contribution < -0.4 is 5.32 Å². The number of carbonyl (C=O) groups is 1. The minimum atomic E-state index is -1.00. The third-order valence-electron chi connectivity index (χ3n) is 4.85. The van der Waals surface area contributed by atoms with Gasteiger partial charge in [0.05, 0.1) is 11.8 Å². The van der Waals surface area contributed by atoms with Gasteiger partial charge in [0.2, 0.25) is 0 Å². The standard InChI is InChI=1S/C18H25N5O2/c1-12-7-8-19-9-14(12)17(24)20-15-6-4-5-13(15)10-23-11-16(21-22-23)18(2,3)25/h7-9,11,13,15,25H,4-6,10H2,1-3H3,(H,20,24)/t13-,15-/m1/s1. The van der Waals surface area contributed by atoms with Gasteiger partial charge in [-0.1, -0.05) is 11.6 Å². The van der Waals surface area contributed by atoms with E-state index in [0.717, 1.165) is 24.8 Å². The largest absolute Gasteiger partial charge is 0.384 e. The van der Waals surface area contributed by atoms with Gasteiger partial charge in [0, 0.05) is 25.0 Å². The van der Waals surface area contributed by atoms with Crippen LogP contribution in [0.1, 0.15) is 54.7 Å². The first-order valence-electron chi connectivity index (χ1n) is 8.69. The van der Waals surface area contributed by atoms with Crippen molar-refractivity contribution in [2.24, 2.45) is 5.92 Å². The second-order valence-electron chi connectivity index (χ2n) is 7.35. The predicted molar refractivity (Wildman–Crippen MR) is 92.8 cm³/mol. The van der Waals surface area contributed by atoms with E-state index in [1.54, 1.807) is 37.1 Å². The van der Waals surface area contributed by atoms with Gasteiger partial charge < -0.3 is 10.4 Å². The number of pyridine rings is 1. The van der Waals surface area contributed by atoms with Gasteiger partial charge in [0.1, 0.15) is 11.3 Å². The SMILES string of the molecule is Cc1ccncc1C(=O)N[C@@H]1CCC[C@@H]1Cn1cc(C(C)(C)O)nn1. The molecule has 1 saturated carbocycles. The minimum Gasteiger partial charge on any atom is -0.384 e. The van der Waals surface area contributed by atoms with E-state index in [1.807, 2.05) is 13.0 Å². The summed E-state index contributed by atoms with van der Waals surface area (Å²) < 4.78 is 1.76. The van der Waals surface area contributed by atoms with Crippen LogP contribution in [0, 0.1) is 12.8 Å². The summed E-state index contributed by atoms with van der Waals surface area (Å²) in [6.45, 7) is 5.97. The molecule has 2 aromatic heterocycles. The molecular weight excluding hydrogens is 318 g/mol. The highest BCUT2D eigenvalue weighted by Crippen LogP contribution is 2.28. The molecule has 0 spiro atoms. The fraction of sp³-hybridized carbons (Fsp3) is 0.556. The Morgan fingerprint density at radius 3 is 2.92 bits per heavy atom. The summed E-state index contributed by atoms with van der Waals surface area (Å²) in [6, 6.07) is 1.95. The van der Waals surface area contributed by atoms with Crippen molar-refractivity contribution >= 4 is 5.91 Å². The molecule has 0 saturated heterocycles. The lowest BCUT2D eigenvalue weighted by Crippen LogP contribution is -2.39. The molecule has 0 bridgehead atoms. The van der Waals surface area contributed by atoms with Crippen molar-refractivity contribution in [2.75, 3.05) is 0 Å². The second-order valence-corrected chi connectivity index (χ2v) is 7.35. The van der Waals surface area contributed by atoms with Crippen molar-refractivity contribution in [1.82, 2.24) is 25.3 Å². The number of hydrogen-bond acceptors (Lipinski definition) is 5. The second kappa shape index (κ2) is 6.92. The van der Waals surface area contributed by atoms with E-state index in [2.05, 4.69) is 20.6 Å². The molecule has 0 aromatic carbocycles. The van der Waals surface area contributed by atoms with Gasteiger partial charge in [0.25, 0.3) is 5.91 Å². The normalized spacial score (nSPS) is 20.6. The summed E-state index contributed by atoms with van der Waals surface area (Å²) in [5.41, 5.74) is 1.10. The molecule has 0 aliphatic heterocycles. The lowest BCUT2D eigenvalue weighted by molar-refractivity contribution is 0.0737. The average molecular weight is 343 g/mol. The number of hydrogen-bond donors (Lipinski definition) is 2.